The molecule has 0 aliphatic carbocycles. The summed E-state index contributed by atoms with van der Waals surface area (Å²) >= 11 is 0. The van der Waals surface area contributed by atoms with E-state index in [1.807, 2.05) is 18.4 Å². The molecule has 5 heteroatoms. The summed E-state index contributed by atoms with van der Waals surface area (Å²) in [5.74, 6) is -0.145. The third-order valence-electron chi connectivity index (χ3n) is 2.69. The molecule has 2 atom stereocenters. The topological polar surface area (TPSA) is 80.3 Å². The van der Waals surface area contributed by atoms with Gasteiger partial charge in [-0.15, -0.1) is 0 Å². The number of aryl methyl sites for hydroxylation is 1. The van der Waals surface area contributed by atoms with E-state index >= 15 is 0 Å². The number of nitrogens with zero attached hydrogens (tertiary/aromatic N) is 1. The molecule has 1 aromatic heterocycles. The number of carbonyl (C=O) groups excluding carboxylic acids is 1. The minimum atomic E-state index is -0.423. The number of anilines is 1. The van der Waals surface area contributed by atoms with Gasteiger partial charge in [0.05, 0.1) is 11.8 Å². The Balaban J connectivity index is 2.71. The normalized spacial score (nSPS) is 14.2. The summed E-state index contributed by atoms with van der Waals surface area (Å²) in [4.78, 5) is 12.1. The summed E-state index contributed by atoms with van der Waals surface area (Å²) in [6, 6.07) is 1.61. The smallest absolute Gasteiger partial charge is 0.268 e. The number of rotatable bonds is 6. The first-order valence-corrected chi connectivity index (χ1v) is 6.38. The summed E-state index contributed by atoms with van der Waals surface area (Å²) in [7, 11) is 0. The highest BCUT2D eigenvalue weighted by molar-refractivity contribution is 5.94. The molecule has 1 heterocycles. The second-order valence-corrected chi connectivity index (χ2v) is 4.81. The second kappa shape index (κ2) is 6.44. The van der Waals surface area contributed by atoms with Crippen LogP contribution in [0.4, 0.5) is 5.69 Å². The molecule has 0 saturated carbocycles. The molecule has 1 aromatic rings. The third kappa shape index (κ3) is 4.07. The van der Waals surface area contributed by atoms with E-state index in [2.05, 4.69) is 5.32 Å². The van der Waals surface area contributed by atoms with Gasteiger partial charge >= 0.3 is 0 Å². The van der Waals surface area contributed by atoms with Crippen LogP contribution in [0.3, 0.4) is 0 Å². The van der Waals surface area contributed by atoms with Gasteiger partial charge in [-0.2, -0.15) is 0 Å². The molecule has 1 amide bonds. The SMILES string of the molecule is CCCn1cc(N)cc1C(=O)NC(C)CC(C)O. The number of carbonyl (C=O) groups is 1. The molecule has 0 spiro atoms. The van der Waals surface area contributed by atoms with Crippen molar-refractivity contribution >= 4 is 11.6 Å². The first-order valence-electron chi connectivity index (χ1n) is 6.38. The average Bonchev–Trinajstić information content (AvgIpc) is 2.58. The van der Waals surface area contributed by atoms with Gasteiger partial charge in [0.1, 0.15) is 5.69 Å². The standard InChI is InChI=1S/C13H23N3O2/c1-4-5-16-8-11(14)7-12(16)13(18)15-9(2)6-10(3)17/h7-10,17H,4-6,14H2,1-3H3,(H,15,18). The molecule has 5 nitrogen and oxygen atoms in total. The van der Waals surface area contributed by atoms with E-state index in [0.29, 0.717) is 17.8 Å². The highest BCUT2D eigenvalue weighted by Crippen LogP contribution is 2.12. The van der Waals surface area contributed by atoms with Crippen LogP contribution in [0.25, 0.3) is 0 Å². The maximum atomic E-state index is 12.1. The van der Waals surface area contributed by atoms with Gasteiger partial charge < -0.3 is 20.7 Å². The average molecular weight is 253 g/mol. The Labute approximate surface area is 108 Å². The maximum absolute atomic E-state index is 12.1. The van der Waals surface area contributed by atoms with E-state index in [9.17, 15) is 9.90 Å². The molecule has 1 rings (SSSR count). The van der Waals surface area contributed by atoms with Crippen molar-refractivity contribution in [3.8, 4) is 0 Å². The van der Waals surface area contributed by atoms with Crippen molar-refractivity contribution in [2.75, 3.05) is 5.73 Å². The van der Waals surface area contributed by atoms with Crippen LogP contribution in [0.1, 0.15) is 44.1 Å². The molecule has 0 aliphatic rings. The third-order valence-corrected chi connectivity index (χ3v) is 2.69. The lowest BCUT2D eigenvalue weighted by Gasteiger charge is -2.16. The van der Waals surface area contributed by atoms with Crippen LogP contribution in [0, 0.1) is 0 Å². The number of aliphatic hydroxyl groups is 1. The number of aromatic nitrogens is 1. The lowest BCUT2D eigenvalue weighted by Crippen LogP contribution is -2.35. The quantitative estimate of drug-likeness (QED) is 0.716. The number of hydrogen-bond donors (Lipinski definition) is 3. The zero-order chi connectivity index (χ0) is 13.7. The van der Waals surface area contributed by atoms with Gasteiger partial charge in [-0.05, 0) is 32.8 Å². The van der Waals surface area contributed by atoms with Gasteiger partial charge in [-0.3, -0.25) is 4.79 Å². The van der Waals surface area contributed by atoms with E-state index in [1.165, 1.54) is 0 Å². The maximum Gasteiger partial charge on any atom is 0.268 e. The van der Waals surface area contributed by atoms with Crippen molar-refractivity contribution in [2.24, 2.45) is 0 Å². The van der Waals surface area contributed by atoms with Crippen molar-refractivity contribution in [3.05, 3.63) is 18.0 Å². The molecule has 0 radical (unpaired) electrons. The van der Waals surface area contributed by atoms with Crippen LogP contribution in [-0.4, -0.2) is 27.7 Å². The van der Waals surface area contributed by atoms with Crippen molar-refractivity contribution in [1.29, 1.82) is 0 Å². The largest absolute Gasteiger partial charge is 0.397 e. The van der Waals surface area contributed by atoms with Crippen molar-refractivity contribution < 1.29 is 9.90 Å². The summed E-state index contributed by atoms with van der Waals surface area (Å²) < 4.78 is 1.86. The first-order chi connectivity index (χ1) is 8.43. The number of nitrogens with two attached hydrogens (primary N) is 1. The van der Waals surface area contributed by atoms with Crippen molar-refractivity contribution in [2.45, 2.75) is 52.3 Å². The molecular weight excluding hydrogens is 230 g/mol. The van der Waals surface area contributed by atoms with Crippen LogP contribution >= 0.6 is 0 Å². The summed E-state index contributed by atoms with van der Waals surface area (Å²) in [6.07, 6.45) is 2.83. The van der Waals surface area contributed by atoms with E-state index in [-0.39, 0.29) is 11.9 Å². The monoisotopic (exact) mass is 253 g/mol. The Morgan fingerprint density at radius 1 is 1.56 bits per heavy atom. The van der Waals surface area contributed by atoms with Crippen LogP contribution < -0.4 is 11.1 Å². The van der Waals surface area contributed by atoms with Crippen LogP contribution in [0.2, 0.25) is 0 Å². The fourth-order valence-corrected chi connectivity index (χ4v) is 2.02. The van der Waals surface area contributed by atoms with Gasteiger partial charge in [0.25, 0.3) is 5.91 Å². The number of nitrogens with one attached hydrogen (secondary N) is 1. The lowest BCUT2D eigenvalue weighted by molar-refractivity contribution is 0.0913. The summed E-state index contributed by atoms with van der Waals surface area (Å²) in [5.41, 5.74) is 6.89. The molecule has 18 heavy (non-hydrogen) atoms. The Hall–Kier alpha value is -1.49. The Bertz CT molecular complexity index is 399. The van der Waals surface area contributed by atoms with E-state index < -0.39 is 6.10 Å². The molecule has 102 valence electrons. The van der Waals surface area contributed by atoms with E-state index in [4.69, 9.17) is 5.73 Å². The fraction of sp³-hybridized carbons (Fsp3) is 0.615. The van der Waals surface area contributed by atoms with Crippen molar-refractivity contribution in [3.63, 3.8) is 0 Å². The van der Waals surface area contributed by atoms with Gasteiger partial charge in [-0.25, -0.2) is 0 Å². The predicted molar refractivity (Wildman–Crippen MR) is 72.4 cm³/mol. The van der Waals surface area contributed by atoms with E-state index in [1.54, 1.807) is 19.2 Å². The zero-order valence-electron chi connectivity index (χ0n) is 11.3. The Morgan fingerprint density at radius 2 is 2.22 bits per heavy atom. The molecular formula is C13H23N3O2. The number of nitrogen functional groups attached to an aromatic ring is 1. The number of amides is 1. The molecule has 4 N–H and O–H groups in total. The highest BCUT2D eigenvalue weighted by Gasteiger charge is 2.15. The molecule has 0 bridgehead atoms. The zero-order valence-corrected chi connectivity index (χ0v) is 11.3. The Kier molecular flexibility index (Phi) is 5.22. The number of aliphatic hydroxyl groups excluding tert-OH is 1. The van der Waals surface area contributed by atoms with Crippen LogP contribution in [0.15, 0.2) is 12.3 Å². The summed E-state index contributed by atoms with van der Waals surface area (Å²) in [6.45, 7) is 6.40. The lowest BCUT2D eigenvalue weighted by atomic mass is 10.1. The van der Waals surface area contributed by atoms with Crippen molar-refractivity contribution in [1.82, 2.24) is 9.88 Å². The Morgan fingerprint density at radius 3 is 2.78 bits per heavy atom. The molecule has 2 unspecified atom stereocenters. The molecule has 0 saturated heterocycles. The minimum absolute atomic E-state index is 0.0660. The first kappa shape index (κ1) is 14.6. The molecule has 0 aromatic carbocycles. The van der Waals surface area contributed by atoms with Crippen LogP contribution in [-0.2, 0) is 6.54 Å². The van der Waals surface area contributed by atoms with Gasteiger partial charge in [-0.1, -0.05) is 6.92 Å². The van der Waals surface area contributed by atoms with Gasteiger partial charge in [0, 0.05) is 18.8 Å². The molecule has 0 aliphatic heterocycles. The minimum Gasteiger partial charge on any atom is -0.397 e. The number of hydrogen-bond acceptors (Lipinski definition) is 3. The van der Waals surface area contributed by atoms with Crippen LogP contribution in [0.5, 0.6) is 0 Å². The summed E-state index contributed by atoms with van der Waals surface area (Å²) in [5, 5.41) is 12.1. The van der Waals surface area contributed by atoms with Gasteiger partial charge in [0.2, 0.25) is 0 Å². The fourth-order valence-electron chi connectivity index (χ4n) is 2.02. The highest BCUT2D eigenvalue weighted by atomic mass is 16.3. The van der Waals surface area contributed by atoms with Gasteiger partial charge in [0.15, 0.2) is 0 Å². The predicted octanol–water partition coefficient (Wildman–Crippen LogP) is 1.37. The van der Waals surface area contributed by atoms with E-state index in [0.717, 1.165) is 13.0 Å². The second-order valence-electron chi connectivity index (χ2n) is 4.81. The molecule has 0 fully saturated rings.